The summed E-state index contributed by atoms with van der Waals surface area (Å²) in [6.07, 6.45) is 45.1. The van der Waals surface area contributed by atoms with E-state index in [1.165, 1.54) is 205 Å². The van der Waals surface area contributed by atoms with Crippen LogP contribution in [0.4, 0.5) is 0 Å². The van der Waals surface area contributed by atoms with Crippen LogP contribution in [-0.2, 0) is 17.0 Å². The van der Waals surface area contributed by atoms with Crippen molar-refractivity contribution in [3.05, 3.63) is 10.6 Å². The van der Waals surface area contributed by atoms with E-state index in [0.29, 0.717) is 0 Å². The van der Waals surface area contributed by atoms with Crippen molar-refractivity contribution in [3.8, 4) is 0 Å². The zero-order valence-corrected chi connectivity index (χ0v) is 34.7. The number of nitrogens with zero attached hydrogens (tertiary/aromatic N) is 2. The van der Waals surface area contributed by atoms with Crippen LogP contribution < -0.4 is 0 Å². The molecule has 0 saturated carbocycles. The van der Waals surface area contributed by atoms with Gasteiger partial charge in [0.05, 0.1) is 0 Å². The molecule has 0 aromatic heterocycles. The molecule has 2 nitrogen and oxygen atoms in total. The van der Waals surface area contributed by atoms with Gasteiger partial charge in [-0.2, -0.15) is 0 Å². The number of unbranched alkanes of at least 4 members (excludes halogenated alkanes) is 28. The molecule has 0 amide bonds. The Balaban J connectivity index is -0.000000720. The number of hydrogen-bond acceptors (Lipinski definition) is 0. The van der Waals surface area contributed by atoms with E-state index in [-0.39, 0.29) is 0 Å². The summed E-state index contributed by atoms with van der Waals surface area (Å²) in [5.74, 6) is 0. The third-order valence-electron chi connectivity index (χ3n) is 8.68. The molecular formula is C40H84Cl2N2Ti-2. The van der Waals surface area contributed by atoms with Crippen molar-refractivity contribution in [1.29, 1.82) is 0 Å². The first-order valence-electron chi connectivity index (χ1n) is 20.5. The van der Waals surface area contributed by atoms with Crippen LogP contribution >= 0.6 is 18.6 Å². The molecule has 0 aliphatic heterocycles. The average molecular weight is 712 g/mol. The van der Waals surface area contributed by atoms with Crippen LogP contribution in [0.3, 0.4) is 0 Å². The molecule has 0 aliphatic rings. The Kier molecular flexibility index (Phi) is 61.4. The molecule has 0 aliphatic carbocycles. The zero-order chi connectivity index (χ0) is 33.6. The van der Waals surface area contributed by atoms with E-state index >= 15 is 0 Å². The normalized spacial score (nSPS) is 10.7. The Morgan fingerprint density at radius 2 is 0.400 bits per heavy atom. The fourth-order valence-corrected chi connectivity index (χ4v) is 5.65. The number of hydrogen-bond donors (Lipinski definition) is 0. The molecule has 0 bridgehead atoms. The van der Waals surface area contributed by atoms with Gasteiger partial charge in [-0.1, -0.05) is 233 Å². The zero-order valence-electron chi connectivity index (χ0n) is 31.6. The maximum atomic E-state index is 4.89. The van der Waals surface area contributed by atoms with E-state index in [0.717, 1.165) is 26.2 Å². The fraction of sp³-hybridized carbons (Fsp3) is 1.00. The summed E-state index contributed by atoms with van der Waals surface area (Å²) in [6.45, 7) is 13.6. The van der Waals surface area contributed by atoms with Crippen molar-refractivity contribution in [3.63, 3.8) is 0 Å². The molecule has 0 fully saturated rings. The summed E-state index contributed by atoms with van der Waals surface area (Å²) in [4.78, 5) is 0. The third kappa shape index (κ3) is 61.0. The molecule has 0 heterocycles. The molecule has 0 spiro atoms. The van der Waals surface area contributed by atoms with Crippen molar-refractivity contribution in [2.24, 2.45) is 0 Å². The molecule has 274 valence electrons. The second kappa shape index (κ2) is 54.7. The Morgan fingerprint density at radius 1 is 0.267 bits per heavy atom. The maximum absolute atomic E-state index is 4.89. The molecule has 0 radical (unpaired) electrons. The summed E-state index contributed by atoms with van der Waals surface area (Å²) >= 11 is -0.556. The van der Waals surface area contributed by atoms with Crippen molar-refractivity contribution in [2.45, 2.75) is 233 Å². The number of rotatable bonds is 36. The van der Waals surface area contributed by atoms with Crippen LogP contribution in [0.1, 0.15) is 233 Å². The summed E-state index contributed by atoms with van der Waals surface area (Å²) in [5, 5.41) is 9.33. The summed E-state index contributed by atoms with van der Waals surface area (Å²) in [5.41, 5.74) is 0. The van der Waals surface area contributed by atoms with Crippen molar-refractivity contribution in [1.82, 2.24) is 0 Å². The van der Waals surface area contributed by atoms with Gasteiger partial charge in [-0.3, -0.25) is 0 Å². The van der Waals surface area contributed by atoms with E-state index in [4.69, 9.17) is 18.6 Å². The molecule has 45 heavy (non-hydrogen) atoms. The van der Waals surface area contributed by atoms with Crippen LogP contribution in [0.2, 0.25) is 0 Å². The van der Waals surface area contributed by atoms with E-state index < -0.39 is 17.0 Å². The monoisotopic (exact) mass is 711 g/mol. The third-order valence-corrected chi connectivity index (χ3v) is 8.68. The van der Waals surface area contributed by atoms with Crippen LogP contribution in [-0.4, -0.2) is 26.2 Å². The molecule has 0 N–H and O–H groups in total. The molecule has 0 rings (SSSR count). The van der Waals surface area contributed by atoms with Gasteiger partial charge in [-0.25, -0.2) is 0 Å². The van der Waals surface area contributed by atoms with Crippen LogP contribution in [0, 0.1) is 0 Å². The first-order chi connectivity index (χ1) is 22.2. The van der Waals surface area contributed by atoms with Gasteiger partial charge in [0.25, 0.3) is 0 Å². The molecule has 0 saturated heterocycles. The minimum atomic E-state index is -0.556. The van der Waals surface area contributed by atoms with Gasteiger partial charge in [-0.15, -0.1) is 26.2 Å². The molecule has 5 heteroatoms. The summed E-state index contributed by atoms with van der Waals surface area (Å²) < 4.78 is 0. The number of halogens is 2. The quantitative estimate of drug-likeness (QED) is 0.0457. The predicted molar refractivity (Wildman–Crippen MR) is 208 cm³/mol. The molecule has 0 aromatic rings. The second-order valence-corrected chi connectivity index (χ2v) is 15.9. The van der Waals surface area contributed by atoms with Crippen LogP contribution in [0.5, 0.6) is 0 Å². The topological polar surface area (TPSA) is 28.2 Å². The molecule has 0 unspecified atom stereocenters. The fourth-order valence-electron chi connectivity index (χ4n) is 5.65. The van der Waals surface area contributed by atoms with Crippen molar-refractivity contribution < 1.29 is 17.0 Å². The first-order valence-corrected chi connectivity index (χ1v) is 24.8. The van der Waals surface area contributed by atoms with Crippen LogP contribution in [0.25, 0.3) is 10.6 Å². The second-order valence-electron chi connectivity index (χ2n) is 13.3. The summed E-state index contributed by atoms with van der Waals surface area (Å²) in [6, 6.07) is 0. The molecular weight excluding hydrogens is 627 g/mol. The summed E-state index contributed by atoms with van der Waals surface area (Å²) in [7, 11) is 9.78. The van der Waals surface area contributed by atoms with Crippen LogP contribution in [0.15, 0.2) is 0 Å². The van der Waals surface area contributed by atoms with Gasteiger partial charge in [0, 0.05) is 0 Å². The van der Waals surface area contributed by atoms with E-state index in [2.05, 4.69) is 38.3 Å². The SMILES string of the molecule is CCCCCCCCCC[N-]CCCCCCCCCC.CCCCCCCCCC[N-]CCCCCCCCCC.[Cl][Ti][Cl]. The van der Waals surface area contributed by atoms with Gasteiger partial charge in [0.1, 0.15) is 0 Å². The van der Waals surface area contributed by atoms with Crippen molar-refractivity contribution in [2.75, 3.05) is 26.2 Å². The Bertz CT molecular complexity index is 369. The average Bonchev–Trinajstić information content (AvgIpc) is 3.05. The van der Waals surface area contributed by atoms with Crippen molar-refractivity contribution >= 4 is 18.6 Å². The standard InChI is InChI=1S/2C20H42N.2ClH.Ti/c2*1-3-5-7-9-11-13-15-17-19-21-20-18-16-14-12-10-8-6-4-2;;;/h2*3-20H2,1-2H3;2*1H;/q2*-1;;;+2/p-2. The van der Waals surface area contributed by atoms with Gasteiger partial charge < -0.3 is 10.6 Å². The van der Waals surface area contributed by atoms with Gasteiger partial charge in [-0.05, 0) is 0 Å². The minimum absolute atomic E-state index is 0.556. The Hall–Kier alpha value is 1.21. The molecule has 0 aromatic carbocycles. The Morgan fingerprint density at radius 3 is 0.556 bits per heavy atom. The van der Waals surface area contributed by atoms with Gasteiger partial charge in [0.2, 0.25) is 0 Å². The Labute approximate surface area is 303 Å². The van der Waals surface area contributed by atoms with Gasteiger partial charge >= 0.3 is 35.6 Å². The molecule has 0 atom stereocenters. The van der Waals surface area contributed by atoms with E-state index in [1.807, 2.05) is 0 Å². The predicted octanol–water partition coefficient (Wildman–Crippen LogP) is 16.7. The first kappa shape index (κ1) is 50.6. The van der Waals surface area contributed by atoms with E-state index in [1.54, 1.807) is 0 Å². The van der Waals surface area contributed by atoms with Gasteiger partial charge in [0.15, 0.2) is 0 Å². The van der Waals surface area contributed by atoms with E-state index in [9.17, 15) is 0 Å².